The molecule has 0 radical (unpaired) electrons. The number of anilines is 1. The second-order valence-electron chi connectivity index (χ2n) is 7.21. The fourth-order valence-corrected chi connectivity index (χ4v) is 4.18. The number of aryl methyl sites for hydroxylation is 1. The van der Waals surface area contributed by atoms with Gasteiger partial charge in [0.15, 0.2) is 0 Å². The first kappa shape index (κ1) is 21.5. The van der Waals surface area contributed by atoms with Crippen LogP contribution in [-0.4, -0.2) is 31.0 Å². The van der Waals surface area contributed by atoms with E-state index in [1.54, 1.807) is 55.5 Å². The van der Waals surface area contributed by atoms with E-state index in [-0.39, 0.29) is 21.9 Å². The molecular formula is C24H20ClNO6. The number of rotatable bonds is 5. The molecule has 1 aliphatic heterocycles. The zero-order valence-corrected chi connectivity index (χ0v) is 18.3. The molecule has 7 nitrogen and oxygen atoms in total. The Morgan fingerprint density at radius 2 is 1.88 bits per heavy atom. The molecule has 2 heterocycles. The van der Waals surface area contributed by atoms with E-state index in [0.29, 0.717) is 17.2 Å². The molecule has 0 saturated carbocycles. The van der Waals surface area contributed by atoms with Crippen LogP contribution in [0.4, 0.5) is 5.69 Å². The number of aliphatic hydroxyl groups is 1. The highest BCUT2D eigenvalue weighted by molar-refractivity contribution is 6.51. The van der Waals surface area contributed by atoms with Crippen LogP contribution in [0.2, 0.25) is 5.02 Å². The van der Waals surface area contributed by atoms with E-state index >= 15 is 0 Å². The molecule has 0 spiro atoms. The van der Waals surface area contributed by atoms with Crippen molar-refractivity contribution in [3.05, 3.63) is 82.3 Å². The Balaban J connectivity index is 1.98. The third-order valence-electron chi connectivity index (χ3n) is 5.24. The number of Topliss-reactive ketones (excluding diaryl/α,β-unsaturated/α-hetero) is 1. The van der Waals surface area contributed by atoms with E-state index in [4.69, 9.17) is 25.5 Å². The largest absolute Gasteiger partial charge is 0.507 e. The Labute approximate surface area is 189 Å². The summed E-state index contributed by atoms with van der Waals surface area (Å²) >= 11 is 6.29. The highest BCUT2D eigenvalue weighted by Crippen LogP contribution is 2.45. The molecule has 3 aromatic rings. The molecule has 4 rings (SSSR count). The maximum absolute atomic E-state index is 13.2. The summed E-state index contributed by atoms with van der Waals surface area (Å²) < 4.78 is 16.2. The zero-order chi connectivity index (χ0) is 23.0. The fourth-order valence-electron chi connectivity index (χ4n) is 3.83. The minimum Gasteiger partial charge on any atom is -0.507 e. The molecule has 1 atom stereocenters. The monoisotopic (exact) mass is 453 g/mol. The Kier molecular flexibility index (Phi) is 5.67. The van der Waals surface area contributed by atoms with Crippen LogP contribution in [0.1, 0.15) is 22.9 Å². The van der Waals surface area contributed by atoms with E-state index in [9.17, 15) is 14.7 Å². The van der Waals surface area contributed by atoms with Crippen molar-refractivity contribution >= 4 is 34.7 Å². The van der Waals surface area contributed by atoms with E-state index < -0.39 is 23.5 Å². The number of hydrogen-bond donors (Lipinski definition) is 1. The second kappa shape index (κ2) is 8.43. The number of halogens is 1. The van der Waals surface area contributed by atoms with Crippen LogP contribution in [0.3, 0.4) is 0 Å². The van der Waals surface area contributed by atoms with Crippen molar-refractivity contribution in [3.63, 3.8) is 0 Å². The standard InChI is InChI=1S/C24H20ClNO6/c1-13-10-16(23(31-3)17(25)11-13)21(27)19-20(18-8-5-9-32-18)26(24(29)22(19)28)14-6-4-7-15(12-14)30-2/h4-12,20,27H,1-3H3/b21-19-. The molecule has 1 aromatic heterocycles. The predicted octanol–water partition coefficient (Wildman–Crippen LogP) is 4.88. The van der Waals surface area contributed by atoms with Gasteiger partial charge in [-0.3, -0.25) is 14.5 Å². The third-order valence-corrected chi connectivity index (χ3v) is 5.52. The maximum Gasteiger partial charge on any atom is 0.300 e. The predicted molar refractivity (Wildman–Crippen MR) is 119 cm³/mol. The topological polar surface area (TPSA) is 89.2 Å². The highest BCUT2D eigenvalue weighted by Gasteiger charge is 2.48. The van der Waals surface area contributed by atoms with Crippen molar-refractivity contribution in [1.29, 1.82) is 0 Å². The zero-order valence-electron chi connectivity index (χ0n) is 17.6. The van der Waals surface area contributed by atoms with Gasteiger partial charge in [0, 0.05) is 11.8 Å². The average molecular weight is 454 g/mol. The summed E-state index contributed by atoms with van der Waals surface area (Å²) in [6, 6.07) is 12.3. The Morgan fingerprint density at radius 1 is 1.09 bits per heavy atom. The molecule has 164 valence electrons. The minimum absolute atomic E-state index is 0.132. The van der Waals surface area contributed by atoms with Gasteiger partial charge in [-0.2, -0.15) is 0 Å². The number of aliphatic hydroxyl groups excluding tert-OH is 1. The second-order valence-corrected chi connectivity index (χ2v) is 7.62. The number of carbonyl (C=O) groups is 2. The van der Waals surface area contributed by atoms with Crippen LogP contribution in [-0.2, 0) is 9.59 Å². The number of ether oxygens (including phenoxy) is 2. The molecule has 0 aliphatic carbocycles. The van der Waals surface area contributed by atoms with Crippen LogP contribution >= 0.6 is 11.6 Å². The molecule has 1 fully saturated rings. The van der Waals surface area contributed by atoms with Crippen LogP contribution in [0, 0.1) is 6.92 Å². The third kappa shape index (κ3) is 3.50. The van der Waals surface area contributed by atoms with Crippen molar-refractivity contribution in [2.45, 2.75) is 13.0 Å². The Morgan fingerprint density at radius 3 is 2.53 bits per heavy atom. The van der Waals surface area contributed by atoms with Gasteiger partial charge >= 0.3 is 0 Å². The number of hydrogen-bond acceptors (Lipinski definition) is 6. The molecule has 1 unspecified atom stereocenters. The molecule has 1 saturated heterocycles. The number of furan rings is 1. The molecule has 1 aliphatic rings. The number of carbonyl (C=O) groups excluding carboxylic acids is 2. The van der Waals surface area contributed by atoms with Gasteiger partial charge in [0.25, 0.3) is 11.7 Å². The molecular weight excluding hydrogens is 434 g/mol. The summed E-state index contributed by atoms with van der Waals surface area (Å²) in [7, 11) is 2.91. The quantitative estimate of drug-likeness (QED) is 0.336. The van der Waals surface area contributed by atoms with Gasteiger partial charge in [-0.1, -0.05) is 17.7 Å². The van der Waals surface area contributed by atoms with Gasteiger partial charge in [-0.05, 0) is 48.9 Å². The van der Waals surface area contributed by atoms with Gasteiger partial charge in [-0.15, -0.1) is 0 Å². The van der Waals surface area contributed by atoms with Crippen molar-refractivity contribution in [3.8, 4) is 11.5 Å². The summed E-state index contributed by atoms with van der Waals surface area (Å²) in [6.45, 7) is 1.79. The molecule has 8 heteroatoms. The van der Waals surface area contributed by atoms with E-state index in [1.807, 2.05) is 0 Å². The number of methoxy groups -OCH3 is 2. The number of ketones is 1. The van der Waals surface area contributed by atoms with Crippen LogP contribution in [0.5, 0.6) is 11.5 Å². The summed E-state index contributed by atoms with van der Waals surface area (Å²) in [4.78, 5) is 27.6. The summed E-state index contributed by atoms with van der Waals surface area (Å²) in [6.07, 6.45) is 1.44. The van der Waals surface area contributed by atoms with Crippen LogP contribution in [0.15, 0.2) is 64.8 Å². The molecule has 32 heavy (non-hydrogen) atoms. The van der Waals surface area contributed by atoms with Crippen molar-refractivity contribution < 1.29 is 28.6 Å². The number of benzene rings is 2. The van der Waals surface area contributed by atoms with Gasteiger partial charge < -0.3 is 19.0 Å². The SMILES string of the molecule is COc1cccc(N2C(=O)C(=O)/C(=C(\O)c3cc(C)cc(Cl)c3OC)C2c2ccco2)c1. The van der Waals surface area contributed by atoms with E-state index in [0.717, 1.165) is 5.56 Å². The number of nitrogens with zero attached hydrogens (tertiary/aromatic N) is 1. The first-order chi connectivity index (χ1) is 15.4. The lowest BCUT2D eigenvalue weighted by molar-refractivity contribution is -0.132. The maximum atomic E-state index is 13.2. The Hall–Kier alpha value is -3.71. The van der Waals surface area contributed by atoms with E-state index in [2.05, 4.69) is 0 Å². The van der Waals surface area contributed by atoms with Crippen LogP contribution < -0.4 is 14.4 Å². The Bertz CT molecular complexity index is 1230. The summed E-state index contributed by atoms with van der Waals surface area (Å²) in [5.41, 5.74) is 1.24. The van der Waals surface area contributed by atoms with Crippen molar-refractivity contribution in [2.24, 2.45) is 0 Å². The highest BCUT2D eigenvalue weighted by atomic mass is 35.5. The first-order valence-corrected chi connectivity index (χ1v) is 10.1. The molecule has 1 amide bonds. The average Bonchev–Trinajstić information content (AvgIpc) is 3.40. The van der Waals surface area contributed by atoms with Crippen molar-refractivity contribution in [1.82, 2.24) is 0 Å². The fraction of sp³-hybridized carbons (Fsp3) is 0.167. The smallest absolute Gasteiger partial charge is 0.300 e. The van der Waals surface area contributed by atoms with Gasteiger partial charge in [-0.25, -0.2) is 0 Å². The lowest BCUT2D eigenvalue weighted by Crippen LogP contribution is -2.29. The number of amides is 1. The molecule has 0 bridgehead atoms. The summed E-state index contributed by atoms with van der Waals surface area (Å²) in [5.74, 6) is -1.05. The molecule has 2 aromatic carbocycles. The van der Waals surface area contributed by atoms with Gasteiger partial charge in [0.1, 0.15) is 29.1 Å². The minimum atomic E-state index is -0.999. The lowest BCUT2D eigenvalue weighted by atomic mass is 9.97. The van der Waals surface area contributed by atoms with Gasteiger partial charge in [0.05, 0.1) is 36.6 Å². The van der Waals surface area contributed by atoms with E-state index in [1.165, 1.54) is 25.4 Å². The van der Waals surface area contributed by atoms with Crippen molar-refractivity contribution in [2.75, 3.05) is 19.1 Å². The van der Waals surface area contributed by atoms with Crippen LogP contribution in [0.25, 0.3) is 5.76 Å². The molecule has 1 N–H and O–H groups in total. The van der Waals surface area contributed by atoms with Gasteiger partial charge in [0.2, 0.25) is 0 Å². The normalized spacial score (nSPS) is 17.6. The first-order valence-electron chi connectivity index (χ1n) is 9.70. The summed E-state index contributed by atoms with van der Waals surface area (Å²) in [5, 5.41) is 11.5. The lowest BCUT2D eigenvalue weighted by Gasteiger charge is -2.24.